The molecule has 0 aromatic carbocycles. The van der Waals surface area contributed by atoms with Crippen LogP contribution in [0.5, 0.6) is 0 Å². The number of rotatable bonds is 3. The highest BCUT2D eigenvalue weighted by molar-refractivity contribution is 4.93. The fourth-order valence-corrected chi connectivity index (χ4v) is 2.65. The summed E-state index contributed by atoms with van der Waals surface area (Å²) >= 11 is 0. The summed E-state index contributed by atoms with van der Waals surface area (Å²) in [4.78, 5) is 2.71. The highest BCUT2D eigenvalue weighted by Crippen LogP contribution is 2.35. The van der Waals surface area contributed by atoms with E-state index in [-0.39, 0.29) is 0 Å². The topological polar surface area (TPSA) is 15.3 Å². The Balaban J connectivity index is 1.90. The van der Waals surface area contributed by atoms with E-state index in [9.17, 15) is 0 Å². The summed E-state index contributed by atoms with van der Waals surface area (Å²) in [5.74, 6) is 1.03. The van der Waals surface area contributed by atoms with E-state index in [1.54, 1.807) is 0 Å². The third kappa shape index (κ3) is 2.29. The monoisotopic (exact) mass is 196 g/mol. The highest BCUT2D eigenvalue weighted by atomic mass is 15.2. The van der Waals surface area contributed by atoms with Crippen molar-refractivity contribution >= 4 is 0 Å². The zero-order chi connectivity index (χ0) is 10.2. The molecule has 0 radical (unpaired) electrons. The molecule has 1 saturated carbocycles. The molecule has 0 aromatic heterocycles. The van der Waals surface area contributed by atoms with Crippen molar-refractivity contribution in [3.05, 3.63) is 0 Å². The molecule has 2 heteroatoms. The molecule has 2 aliphatic rings. The molecule has 1 heterocycles. The lowest BCUT2D eigenvalue weighted by Crippen LogP contribution is -2.54. The van der Waals surface area contributed by atoms with E-state index in [1.165, 1.54) is 38.8 Å². The zero-order valence-corrected chi connectivity index (χ0v) is 9.84. The van der Waals surface area contributed by atoms with Gasteiger partial charge in [-0.05, 0) is 52.5 Å². The summed E-state index contributed by atoms with van der Waals surface area (Å²) in [6.45, 7) is 7.44. The van der Waals surface area contributed by atoms with Gasteiger partial charge in [0.25, 0.3) is 0 Å². The Bertz CT molecular complexity index is 196. The second-order valence-electron chi connectivity index (χ2n) is 5.68. The quantitative estimate of drug-likeness (QED) is 0.741. The summed E-state index contributed by atoms with van der Waals surface area (Å²) in [5.41, 5.74) is 0.411. The lowest BCUT2D eigenvalue weighted by atomic mass is 9.87. The van der Waals surface area contributed by atoms with Crippen LogP contribution in [0, 0.1) is 5.92 Å². The molecule has 0 amide bonds. The van der Waals surface area contributed by atoms with E-state index in [0.717, 1.165) is 12.0 Å². The lowest BCUT2D eigenvalue weighted by Gasteiger charge is -2.46. The first-order valence-electron chi connectivity index (χ1n) is 6.04. The van der Waals surface area contributed by atoms with Gasteiger partial charge in [0, 0.05) is 24.7 Å². The van der Waals surface area contributed by atoms with E-state index in [4.69, 9.17) is 0 Å². The normalized spacial score (nSPS) is 33.2. The first kappa shape index (κ1) is 10.4. The molecule has 1 atom stereocenters. The van der Waals surface area contributed by atoms with Gasteiger partial charge in [-0.2, -0.15) is 0 Å². The summed E-state index contributed by atoms with van der Waals surface area (Å²) < 4.78 is 0. The van der Waals surface area contributed by atoms with Crippen LogP contribution in [0.15, 0.2) is 0 Å². The van der Waals surface area contributed by atoms with Gasteiger partial charge in [-0.15, -0.1) is 0 Å². The second kappa shape index (κ2) is 3.82. The first-order chi connectivity index (χ1) is 6.62. The molecular formula is C12H24N2. The predicted molar refractivity (Wildman–Crippen MR) is 60.5 cm³/mol. The third-order valence-corrected chi connectivity index (χ3v) is 3.93. The Labute approximate surface area is 88.1 Å². The van der Waals surface area contributed by atoms with Crippen molar-refractivity contribution in [3.8, 4) is 0 Å². The summed E-state index contributed by atoms with van der Waals surface area (Å²) in [5, 5.41) is 3.42. The fourth-order valence-electron chi connectivity index (χ4n) is 2.65. The van der Waals surface area contributed by atoms with Crippen LogP contribution in [0.1, 0.15) is 39.5 Å². The molecule has 82 valence electrons. The maximum absolute atomic E-state index is 3.42. The second-order valence-corrected chi connectivity index (χ2v) is 5.68. The summed E-state index contributed by atoms with van der Waals surface area (Å²) in [6, 6.07) is 0.737. The molecule has 2 fully saturated rings. The predicted octanol–water partition coefficient (Wildman–Crippen LogP) is 1.86. The van der Waals surface area contributed by atoms with Crippen molar-refractivity contribution in [1.82, 2.24) is 10.2 Å². The summed E-state index contributed by atoms with van der Waals surface area (Å²) in [6.07, 6.45) is 5.58. The third-order valence-electron chi connectivity index (χ3n) is 3.93. The van der Waals surface area contributed by atoms with Crippen LogP contribution in [-0.4, -0.2) is 36.6 Å². The van der Waals surface area contributed by atoms with Gasteiger partial charge in [-0.3, -0.25) is 4.90 Å². The molecule has 1 aliphatic heterocycles. The largest absolute Gasteiger partial charge is 0.317 e. The molecule has 1 saturated heterocycles. The van der Waals surface area contributed by atoms with Gasteiger partial charge in [-0.1, -0.05) is 0 Å². The SMILES string of the molecule is CNC1CCN(CC2CC2)C(C)(C)C1. The highest BCUT2D eigenvalue weighted by Gasteiger charge is 2.36. The molecule has 1 aliphatic carbocycles. The standard InChI is InChI=1S/C12H24N2/c1-12(2)8-11(13-3)6-7-14(12)9-10-4-5-10/h10-11,13H,4-9H2,1-3H3. The number of hydrogen-bond donors (Lipinski definition) is 1. The number of nitrogens with zero attached hydrogens (tertiary/aromatic N) is 1. The van der Waals surface area contributed by atoms with Gasteiger partial charge in [0.1, 0.15) is 0 Å². The van der Waals surface area contributed by atoms with Gasteiger partial charge in [0.05, 0.1) is 0 Å². The van der Waals surface area contributed by atoms with E-state index in [1.807, 2.05) is 0 Å². The Morgan fingerprint density at radius 3 is 2.50 bits per heavy atom. The number of hydrogen-bond acceptors (Lipinski definition) is 2. The average molecular weight is 196 g/mol. The van der Waals surface area contributed by atoms with Crippen LogP contribution < -0.4 is 5.32 Å². The maximum Gasteiger partial charge on any atom is 0.0168 e. The lowest BCUT2D eigenvalue weighted by molar-refractivity contribution is 0.0559. The van der Waals surface area contributed by atoms with Crippen LogP contribution in [0.2, 0.25) is 0 Å². The van der Waals surface area contributed by atoms with Crippen LogP contribution in [0.4, 0.5) is 0 Å². The van der Waals surface area contributed by atoms with Crippen LogP contribution >= 0.6 is 0 Å². The Kier molecular flexibility index (Phi) is 2.85. The van der Waals surface area contributed by atoms with Crippen molar-refractivity contribution in [3.63, 3.8) is 0 Å². The minimum Gasteiger partial charge on any atom is -0.317 e. The molecule has 0 aromatic rings. The number of nitrogens with one attached hydrogen (secondary N) is 1. The molecule has 0 spiro atoms. The molecule has 0 bridgehead atoms. The van der Waals surface area contributed by atoms with Crippen LogP contribution in [0.25, 0.3) is 0 Å². The first-order valence-corrected chi connectivity index (χ1v) is 6.04. The summed E-state index contributed by atoms with van der Waals surface area (Å²) in [7, 11) is 2.09. The average Bonchev–Trinajstić information content (AvgIpc) is 2.91. The van der Waals surface area contributed by atoms with Crippen molar-refractivity contribution in [1.29, 1.82) is 0 Å². The van der Waals surface area contributed by atoms with E-state index in [2.05, 4.69) is 31.1 Å². The van der Waals surface area contributed by atoms with Gasteiger partial charge < -0.3 is 5.32 Å². The van der Waals surface area contributed by atoms with Crippen molar-refractivity contribution in [2.24, 2.45) is 5.92 Å². The van der Waals surface area contributed by atoms with Crippen molar-refractivity contribution in [2.75, 3.05) is 20.1 Å². The van der Waals surface area contributed by atoms with Crippen LogP contribution in [-0.2, 0) is 0 Å². The van der Waals surface area contributed by atoms with Gasteiger partial charge in [-0.25, -0.2) is 0 Å². The Morgan fingerprint density at radius 1 is 1.29 bits per heavy atom. The van der Waals surface area contributed by atoms with Crippen molar-refractivity contribution in [2.45, 2.75) is 51.1 Å². The number of piperidine rings is 1. The Morgan fingerprint density at radius 2 is 2.00 bits per heavy atom. The molecule has 2 rings (SSSR count). The van der Waals surface area contributed by atoms with Crippen molar-refractivity contribution < 1.29 is 0 Å². The molecule has 2 nitrogen and oxygen atoms in total. The van der Waals surface area contributed by atoms with E-state index in [0.29, 0.717) is 5.54 Å². The fraction of sp³-hybridized carbons (Fsp3) is 1.00. The number of likely N-dealkylation sites (tertiary alicyclic amines) is 1. The zero-order valence-electron chi connectivity index (χ0n) is 9.84. The van der Waals surface area contributed by atoms with E-state index < -0.39 is 0 Å². The molecular weight excluding hydrogens is 172 g/mol. The van der Waals surface area contributed by atoms with Gasteiger partial charge in [0.15, 0.2) is 0 Å². The molecule has 1 unspecified atom stereocenters. The van der Waals surface area contributed by atoms with Gasteiger partial charge in [0.2, 0.25) is 0 Å². The molecule has 1 N–H and O–H groups in total. The van der Waals surface area contributed by atoms with E-state index >= 15 is 0 Å². The van der Waals surface area contributed by atoms with Gasteiger partial charge >= 0.3 is 0 Å². The molecule has 14 heavy (non-hydrogen) atoms. The Hall–Kier alpha value is -0.0800. The maximum atomic E-state index is 3.42. The minimum atomic E-state index is 0.411. The minimum absolute atomic E-state index is 0.411. The smallest absolute Gasteiger partial charge is 0.0168 e. The van der Waals surface area contributed by atoms with Crippen LogP contribution in [0.3, 0.4) is 0 Å².